The first-order chi connectivity index (χ1) is 16.4. The number of benzene rings is 2. The summed E-state index contributed by atoms with van der Waals surface area (Å²) >= 11 is 0. The van der Waals surface area contributed by atoms with E-state index >= 15 is 0 Å². The van der Waals surface area contributed by atoms with Crippen molar-refractivity contribution in [2.45, 2.75) is 44.6 Å². The van der Waals surface area contributed by atoms with E-state index in [1.807, 2.05) is 48.5 Å². The molecule has 34 heavy (non-hydrogen) atoms. The molecule has 0 bridgehead atoms. The smallest absolute Gasteiger partial charge is 0.319 e. The zero-order valence-corrected chi connectivity index (χ0v) is 20.2. The van der Waals surface area contributed by atoms with Crippen molar-refractivity contribution < 1.29 is 9.90 Å². The van der Waals surface area contributed by atoms with Gasteiger partial charge < -0.3 is 26.0 Å². The van der Waals surface area contributed by atoms with Gasteiger partial charge in [-0.15, -0.1) is 0 Å². The van der Waals surface area contributed by atoms with Crippen molar-refractivity contribution >= 4 is 11.7 Å². The third-order valence-corrected chi connectivity index (χ3v) is 6.71. The minimum Gasteiger partial charge on any atom is -0.385 e. The molecule has 0 aromatic heterocycles. The fraction of sp³-hybridized carbons (Fsp3) is 0.393. The van der Waals surface area contributed by atoms with Gasteiger partial charge >= 0.3 is 6.03 Å². The first-order valence-electron chi connectivity index (χ1n) is 12.2. The van der Waals surface area contributed by atoms with Gasteiger partial charge in [0.2, 0.25) is 0 Å². The molecule has 0 unspecified atom stereocenters. The predicted octanol–water partition coefficient (Wildman–Crippen LogP) is 4.68. The maximum atomic E-state index is 12.4. The van der Waals surface area contributed by atoms with Gasteiger partial charge in [-0.1, -0.05) is 54.6 Å². The number of dihydropyridines is 1. The summed E-state index contributed by atoms with van der Waals surface area (Å²) < 4.78 is 0. The van der Waals surface area contributed by atoms with E-state index in [0.29, 0.717) is 6.54 Å². The number of amides is 2. The van der Waals surface area contributed by atoms with Gasteiger partial charge in [-0.3, -0.25) is 0 Å². The third kappa shape index (κ3) is 6.27. The van der Waals surface area contributed by atoms with Crippen LogP contribution >= 0.6 is 0 Å². The van der Waals surface area contributed by atoms with Crippen molar-refractivity contribution in [2.75, 3.05) is 31.5 Å². The van der Waals surface area contributed by atoms with Crippen LogP contribution in [0.15, 0.2) is 78.1 Å². The number of carbonyl (C=O) groups excluding carboxylic acids is 1. The van der Waals surface area contributed by atoms with E-state index in [1.165, 1.54) is 0 Å². The number of likely N-dealkylation sites (tertiary alicyclic amines) is 1. The van der Waals surface area contributed by atoms with Crippen molar-refractivity contribution in [1.29, 1.82) is 0 Å². The summed E-state index contributed by atoms with van der Waals surface area (Å²) in [7, 11) is 0. The highest BCUT2D eigenvalue weighted by molar-refractivity contribution is 5.89. The molecule has 0 radical (unpaired) electrons. The second-order valence-corrected chi connectivity index (χ2v) is 9.45. The summed E-state index contributed by atoms with van der Waals surface area (Å²) in [5, 5.41) is 20.2. The zero-order valence-electron chi connectivity index (χ0n) is 20.2. The van der Waals surface area contributed by atoms with Crippen LogP contribution in [0.2, 0.25) is 0 Å². The lowest BCUT2D eigenvalue weighted by atomic mass is 9.84. The van der Waals surface area contributed by atoms with Gasteiger partial charge in [-0.05, 0) is 62.9 Å². The van der Waals surface area contributed by atoms with Crippen molar-refractivity contribution in [3.8, 4) is 0 Å². The molecule has 0 saturated carbocycles. The Morgan fingerprint density at radius 1 is 1.06 bits per heavy atom. The molecule has 2 amide bonds. The topological polar surface area (TPSA) is 76.6 Å². The number of hydrogen-bond donors (Lipinski definition) is 4. The minimum absolute atomic E-state index is 0.182. The molecule has 4 rings (SSSR count). The van der Waals surface area contributed by atoms with E-state index < -0.39 is 5.60 Å². The van der Waals surface area contributed by atoms with Crippen LogP contribution in [0.5, 0.6) is 0 Å². The Morgan fingerprint density at radius 2 is 1.76 bits per heavy atom. The normalized spacial score (nSPS) is 18.4. The van der Waals surface area contributed by atoms with E-state index in [-0.39, 0.29) is 11.9 Å². The molecule has 2 heterocycles. The van der Waals surface area contributed by atoms with Crippen LogP contribution in [-0.2, 0) is 5.60 Å². The van der Waals surface area contributed by atoms with Gasteiger partial charge in [0.15, 0.2) is 0 Å². The number of nitrogens with zero attached hydrogens (tertiary/aromatic N) is 1. The molecule has 1 fully saturated rings. The highest BCUT2D eigenvalue weighted by Gasteiger charge is 2.33. The van der Waals surface area contributed by atoms with Crippen LogP contribution < -0.4 is 16.0 Å². The van der Waals surface area contributed by atoms with Crippen LogP contribution in [-0.4, -0.2) is 42.2 Å². The number of urea groups is 1. The molecule has 2 aromatic rings. The SMILES string of the molecule is CC1=CC(c2cccc(NC(=O)NCCCN3CCC(O)(c4ccccc4)CC3)c2)C=C(C)N1. The summed E-state index contributed by atoms with van der Waals surface area (Å²) in [5.41, 5.74) is 4.51. The molecule has 2 aliphatic rings. The van der Waals surface area contributed by atoms with Crippen molar-refractivity contribution in [1.82, 2.24) is 15.5 Å². The minimum atomic E-state index is -0.721. The van der Waals surface area contributed by atoms with Gasteiger partial charge in [0.05, 0.1) is 5.60 Å². The summed E-state index contributed by atoms with van der Waals surface area (Å²) in [5.74, 6) is 0.204. The second kappa shape index (κ2) is 10.9. The average Bonchev–Trinajstić information content (AvgIpc) is 2.83. The summed E-state index contributed by atoms with van der Waals surface area (Å²) in [6, 6.07) is 17.8. The molecule has 6 nitrogen and oxygen atoms in total. The maximum Gasteiger partial charge on any atom is 0.319 e. The molecule has 180 valence electrons. The molecule has 0 aliphatic carbocycles. The molecular formula is C28H36N4O2. The average molecular weight is 461 g/mol. The first kappa shape index (κ1) is 24.0. The summed E-state index contributed by atoms with van der Waals surface area (Å²) in [4.78, 5) is 14.8. The number of piperidine rings is 1. The number of allylic oxidation sites excluding steroid dienone is 4. The summed E-state index contributed by atoms with van der Waals surface area (Å²) in [6.07, 6.45) is 6.73. The monoisotopic (exact) mass is 460 g/mol. The zero-order chi connectivity index (χ0) is 24.0. The van der Waals surface area contributed by atoms with E-state index in [4.69, 9.17) is 0 Å². The quantitative estimate of drug-likeness (QED) is 0.453. The molecule has 4 N–H and O–H groups in total. The van der Waals surface area contributed by atoms with Crippen molar-refractivity contribution in [2.24, 2.45) is 0 Å². The van der Waals surface area contributed by atoms with E-state index in [2.05, 4.69) is 52.9 Å². The lowest BCUT2D eigenvalue weighted by Gasteiger charge is -2.38. The van der Waals surface area contributed by atoms with Gasteiger partial charge in [-0.2, -0.15) is 0 Å². The number of hydrogen-bond acceptors (Lipinski definition) is 4. The maximum absolute atomic E-state index is 12.4. The second-order valence-electron chi connectivity index (χ2n) is 9.45. The Hall–Kier alpha value is -3.09. The lowest BCUT2D eigenvalue weighted by Crippen LogP contribution is -2.43. The van der Waals surface area contributed by atoms with Gasteiger partial charge in [0.1, 0.15) is 0 Å². The fourth-order valence-corrected chi connectivity index (χ4v) is 4.86. The summed E-state index contributed by atoms with van der Waals surface area (Å²) in [6.45, 7) is 7.38. The first-order valence-corrected chi connectivity index (χ1v) is 12.2. The highest BCUT2D eigenvalue weighted by atomic mass is 16.3. The van der Waals surface area contributed by atoms with Crippen LogP contribution in [0.25, 0.3) is 0 Å². The van der Waals surface area contributed by atoms with Crippen LogP contribution in [0.3, 0.4) is 0 Å². The number of nitrogens with one attached hydrogen (secondary N) is 3. The van der Waals surface area contributed by atoms with Crippen molar-refractivity contribution in [3.63, 3.8) is 0 Å². The molecule has 0 atom stereocenters. The Balaban J connectivity index is 1.18. The molecule has 2 aliphatic heterocycles. The number of anilines is 1. The van der Waals surface area contributed by atoms with Crippen LogP contribution in [0, 0.1) is 0 Å². The lowest BCUT2D eigenvalue weighted by molar-refractivity contribution is -0.0259. The molecule has 0 spiro atoms. The largest absolute Gasteiger partial charge is 0.385 e. The fourth-order valence-electron chi connectivity index (χ4n) is 4.86. The standard InChI is InChI=1S/C28H36N4O2/c1-21-18-24(19-22(2)30-21)23-8-6-11-26(20-23)31-27(33)29-14-7-15-32-16-12-28(34,13-17-32)25-9-4-3-5-10-25/h3-6,8-11,18-20,24,30,34H,7,12-17H2,1-2H3,(H2,29,31,33). The van der Waals surface area contributed by atoms with Crippen LogP contribution in [0.1, 0.15) is 50.2 Å². The Kier molecular flexibility index (Phi) is 7.70. The Labute approximate surface area is 202 Å². The van der Waals surface area contributed by atoms with E-state index in [0.717, 1.165) is 67.1 Å². The third-order valence-electron chi connectivity index (χ3n) is 6.71. The molecular weight excluding hydrogens is 424 g/mol. The van der Waals surface area contributed by atoms with Gasteiger partial charge in [0.25, 0.3) is 0 Å². The number of aliphatic hydroxyl groups is 1. The number of rotatable bonds is 7. The van der Waals surface area contributed by atoms with Gasteiger partial charge in [0, 0.05) is 42.6 Å². The Morgan fingerprint density at radius 3 is 2.47 bits per heavy atom. The van der Waals surface area contributed by atoms with E-state index in [9.17, 15) is 9.90 Å². The molecule has 1 saturated heterocycles. The molecule has 6 heteroatoms. The van der Waals surface area contributed by atoms with E-state index in [1.54, 1.807) is 0 Å². The van der Waals surface area contributed by atoms with Crippen molar-refractivity contribution in [3.05, 3.63) is 89.3 Å². The molecule has 2 aromatic carbocycles. The highest BCUT2D eigenvalue weighted by Crippen LogP contribution is 2.32. The Bertz CT molecular complexity index is 1020. The predicted molar refractivity (Wildman–Crippen MR) is 137 cm³/mol. The van der Waals surface area contributed by atoms with Gasteiger partial charge in [-0.25, -0.2) is 4.79 Å². The number of carbonyl (C=O) groups is 1. The van der Waals surface area contributed by atoms with Crippen LogP contribution in [0.4, 0.5) is 10.5 Å².